The van der Waals surface area contributed by atoms with Crippen molar-refractivity contribution in [2.24, 2.45) is 10.6 Å². The highest BCUT2D eigenvalue weighted by Crippen LogP contribution is 2.33. The molecule has 2 rings (SSSR count). The summed E-state index contributed by atoms with van der Waals surface area (Å²) in [6, 6.07) is 16.0. The Hall–Kier alpha value is -2.17. The van der Waals surface area contributed by atoms with Gasteiger partial charge in [0.05, 0.1) is 5.71 Å². The number of oxime groups is 1. The van der Waals surface area contributed by atoms with Crippen molar-refractivity contribution in [2.75, 3.05) is 13.2 Å². The fraction of sp³-hybridized carbons (Fsp3) is 0.375. The fourth-order valence-electron chi connectivity index (χ4n) is 2.85. The fourth-order valence-corrected chi connectivity index (χ4v) is 2.98. The van der Waals surface area contributed by atoms with E-state index in [2.05, 4.69) is 43.3 Å². The number of ether oxygens (including phenoxy) is 2. The van der Waals surface area contributed by atoms with E-state index in [0.29, 0.717) is 12.3 Å². The lowest BCUT2D eigenvalue weighted by Crippen LogP contribution is -2.26. The van der Waals surface area contributed by atoms with Crippen molar-refractivity contribution >= 4 is 28.9 Å². The van der Waals surface area contributed by atoms with Crippen molar-refractivity contribution < 1.29 is 14.7 Å². The van der Waals surface area contributed by atoms with Gasteiger partial charge in [-0.2, -0.15) is 0 Å². The lowest BCUT2D eigenvalue weighted by Gasteiger charge is -2.26. The summed E-state index contributed by atoms with van der Waals surface area (Å²) in [5.41, 5.74) is 2.47. The summed E-state index contributed by atoms with van der Waals surface area (Å²) in [4.78, 5) is 0. The Bertz CT molecular complexity index is 876. The maximum absolute atomic E-state index is 9.19. The molecule has 0 aliphatic carbocycles. The van der Waals surface area contributed by atoms with E-state index in [1.807, 2.05) is 45.0 Å². The second-order valence-corrected chi connectivity index (χ2v) is 9.57. The van der Waals surface area contributed by atoms with E-state index in [-0.39, 0.29) is 21.9 Å². The van der Waals surface area contributed by atoms with Crippen LogP contribution in [0.25, 0.3) is 0 Å². The van der Waals surface area contributed by atoms with Gasteiger partial charge in [0.1, 0.15) is 29.2 Å². The summed E-state index contributed by atoms with van der Waals surface area (Å²) in [5, 5.41) is 12.6. The molecule has 1 N–H and O–H groups in total. The molecule has 162 valence electrons. The SMILES string of the molecule is CC(C)(C)C(COc1ccc(C(C)(C)c2ccc(OCC=C(Cl)Cl)cc2)cc1)=NO. The topological polar surface area (TPSA) is 51.0 Å². The van der Waals surface area contributed by atoms with E-state index < -0.39 is 0 Å². The Morgan fingerprint density at radius 2 is 1.33 bits per heavy atom. The van der Waals surface area contributed by atoms with Gasteiger partial charge in [-0.05, 0) is 41.5 Å². The molecule has 0 saturated heterocycles. The molecule has 0 amide bonds. The molecule has 0 unspecified atom stereocenters. The number of benzene rings is 2. The average molecular weight is 450 g/mol. The zero-order chi connectivity index (χ0) is 22.4. The molecular weight excluding hydrogens is 421 g/mol. The standard InChI is InChI=1S/C24H29Cl2NO3/c1-23(2,3)21(27-28)16-30-20-12-8-18(9-13-20)24(4,5)17-6-10-19(11-7-17)29-15-14-22(25)26/h6-14,28H,15-16H2,1-5H3. The van der Waals surface area contributed by atoms with Crippen molar-refractivity contribution in [3.63, 3.8) is 0 Å². The molecule has 0 heterocycles. The third-order valence-electron chi connectivity index (χ3n) is 5.00. The van der Waals surface area contributed by atoms with Gasteiger partial charge < -0.3 is 14.7 Å². The highest BCUT2D eigenvalue weighted by molar-refractivity contribution is 6.55. The second-order valence-electron chi connectivity index (χ2n) is 8.56. The van der Waals surface area contributed by atoms with Crippen LogP contribution in [-0.4, -0.2) is 24.1 Å². The molecule has 0 radical (unpaired) electrons. The van der Waals surface area contributed by atoms with Crippen molar-refractivity contribution in [3.8, 4) is 11.5 Å². The highest BCUT2D eigenvalue weighted by Gasteiger charge is 2.24. The number of halogens is 2. The summed E-state index contributed by atoms with van der Waals surface area (Å²) in [7, 11) is 0. The molecule has 0 aliphatic heterocycles. The van der Waals surface area contributed by atoms with Crippen LogP contribution in [0.3, 0.4) is 0 Å². The van der Waals surface area contributed by atoms with Crippen molar-refractivity contribution in [1.29, 1.82) is 0 Å². The quantitative estimate of drug-likeness (QED) is 0.269. The Morgan fingerprint density at radius 1 is 0.867 bits per heavy atom. The van der Waals surface area contributed by atoms with Crippen molar-refractivity contribution in [3.05, 3.63) is 70.2 Å². The summed E-state index contributed by atoms with van der Waals surface area (Å²) in [6.07, 6.45) is 1.60. The molecular formula is C24H29Cl2NO3. The zero-order valence-electron chi connectivity index (χ0n) is 18.1. The molecule has 0 atom stereocenters. The van der Waals surface area contributed by atoms with Gasteiger partial charge in [-0.3, -0.25) is 0 Å². The lowest BCUT2D eigenvalue weighted by atomic mass is 9.78. The van der Waals surface area contributed by atoms with E-state index in [0.717, 1.165) is 22.6 Å². The predicted octanol–water partition coefficient (Wildman–Crippen LogP) is 6.97. The van der Waals surface area contributed by atoms with Crippen LogP contribution in [0.4, 0.5) is 0 Å². The first kappa shape index (κ1) is 24.1. The second kappa shape index (κ2) is 10.2. The molecule has 0 aromatic heterocycles. The maximum Gasteiger partial charge on any atom is 0.130 e. The molecule has 30 heavy (non-hydrogen) atoms. The Balaban J connectivity index is 2.06. The Morgan fingerprint density at radius 3 is 1.73 bits per heavy atom. The minimum atomic E-state index is -0.251. The smallest absolute Gasteiger partial charge is 0.130 e. The first-order valence-corrected chi connectivity index (χ1v) is 10.5. The summed E-state index contributed by atoms with van der Waals surface area (Å²) >= 11 is 11.2. The van der Waals surface area contributed by atoms with Crippen LogP contribution in [0.1, 0.15) is 45.7 Å². The number of rotatable bonds is 8. The molecule has 0 bridgehead atoms. The van der Waals surface area contributed by atoms with Gasteiger partial charge in [0.25, 0.3) is 0 Å². The summed E-state index contributed by atoms with van der Waals surface area (Å²) in [5.74, 6) is 1.49. The van der Waals surface area contributed by atoms with Crippen LogP contribution in [0.15, 0.2) is 64.3 Å². The van der Waals surface area contributed by atoms with Gasteiger partial charge >= 0.3 is 0 Å². The maximum atomic E-state index is 9.19. The van der Waals surface area contributed by atoms with Crippen LogP contribution in [0.2, 0.25) is 0 Å². The third-order valence-corrected chi connectivity index (χ3v) is 5.31. The molecule has 0 spiro atoms. The predicted molar refractivity (Wildman–Crippen MR) is 124 cm³/mol. The number of hydrogen-bond acceptors (Lipinski definition) is 4. The first-order valence-electron chi connectivity index (χ1n) is 9.73. The van der Waals surface area contributed by atoms with Gasteiger partial charge in [0, 0.05) is 10.8 Å². The molecule has 0 fully saturated rings. The summed E-state index contributed by atoms with van der Waals surface area (Å²) in [6.45, 7) is 10.9. The number of nitrogens with zero attached hydrogens (tertiary/aromatic N) is 1. The molecule has 2 aromatic carbocycles. The van der Waals surface area contributed by atoms with Crippen LogP contribution in [0, 0.1) is 5.41 Å². The monoisotopic (exact) mass is 449 g/mol. The van der Waals surface area contributed by atoms with Crippen molar-refractivity contribution in [2.45, 2.75) is 40.0 Å². The minimum absolute atomic E-state index is 0.193. The minimum Gasteiger partial charge on any atom is -0.489 e. The molecule has 4 nitrogen and oxygen atoms in total. The van der Waals surface area contributed by atoms with E-state index >= 15 is 0 Å². The van der Waals surface area contributed by atoms with Crippen LogP contribution in [-0.2, 0) is 5.41 Å². The van der Waals surface area contributed by atoms with Crippen LogP contribution in [0.5, 0.6) is 11.5 Å². The van der Waals surface area contributed by atoms with Crippen LogP contribution < -0.4 is 9.47 Å². The highest BCUT2D eigenvalue weighted by atomic mass is 35.5. The third kappa shape index (κ3) is 6.68. The number of hydrogen-bond donors (Lipinski definition) is 1. The first-order chi connectivity index (χ1) is 14.0. The van der Waals surface area contributed by atoms with E-state index in [9.17, 15) is 5.21 Å². The molecule has 0 saturated carbocycles. The normalized spacial score (nSPS) is 12.4. The zero-order valence-corrected chi connectivity index (χ0v) is 19.6. The van der Waals surface area contributed by atoms with Gasteiger partial charge in [-0.15, -0.1) is 0 Å². The summed E-state index contributed by atoms with van der Waals surface area (Å²) < 4.78 is 11.6. The Kier molecular flexibility index (Phi) is 8.22. The molecule has 0 aliphatic rings. The average Bonchev–Trinajstić information content (AvgIpc) is 2.68. The van der Waals surface area contributed by atoms with E-state index in [1.54, 1.807) is 6.08 Å². The largest absolute Gasteiger partial charge is 0.489 e. The van der Waals surface area contributed by atoms with Gasteiger partial charge in [-0.1, -0.05) is 87.2 Å². The van der Waals surface area contributed by atoms with Crippen molar-refractivity contribution in [1.82, 2.24) is 0 Å². The van der Waals surface area contributed by atoms with Gasteiger partial charge in [0.15, 0.2) is 0 Å². The molecule has 2 aromatic rings. The van der Waals surface area contributed by atoms with E-state index in [4.69, 9.17) is 32.7 Å². The molecule has 6 heteroatoms. The van der Waals surface area contributed by atoms with Gasteiger partial charge in [0.2, 0.25) is 0 Å². The lowest BCUT2D eigenvalue weighted by molar-refractivity contribution is 0.293. The van der Waals surface area contributed by atoms with Gasteiger partial charge in [-0.25, -0.2) is 0 Å². The van der Waals surface area contributed by atoms with E-state index in [1.165, 1.54) is 0 Å². The Labute approximate surface area is 189 Å². The van der Waals surface area contributed by atoms with Crippen LogP contribution >= 0.6 is 23.2 Å².